The van der Waals surface area contributed by atoms with Gasteiger partial charge in [0, 0.05) is 10.3 Å². The van der Waals surface area contributed by atoms with Crippen LogP contribution in [0, 0.1) is 0 Å². The van der Waals surface area contributed by atoms with Crippen molar-refractivity contribution in [1.82, 2.24) is 0 Å². The largest absolute Gasteiger partial charge is 0.321 e. The fourth-order valence-corrected chi connectivity index (χ4v) is 3.83. The predicted octanol–water partition coefficient (Wildman–Crippen LogP) is 4.12. The van der Waals surface area contributed by atoms with Gasteiger partial charge in [0.2, 0.25) is 0 Å². The highest BCUT2D eigenvalue weighted by Gasteiger charge is 2.23. The molecule has 1 aromatic heterocycles. The van der Waals surface area contributed by atoms with Gasteiger partial charge in [0.05, 0.1) is 16.1 Å². The molecule has 1 aliphatic heterocycles. The van der Waals surface area contributed by atoms with Crippen molar-refractivity contribution >= 4 is 46.3 Å². The fourth-order valence-electron chi connectivity index (χ4n) is 1.53. The first-order valence-corrected chi connectivity index (χ1v) is 6.68. The highest BCUT2D eigenvalue weighted by Crippen LogP contribution is 2.44. The Balaban J connectivity index is 2.20. The molecule has 1 aromatic carbocycles. The Labute approximate surface area is 106 Å². The number of thiophene rings is 1. The third kappa shape index (κ3) is 1.54. The van der Waals surface area contributed by atoms with Crippen molar-refractivity contribution in [3.05, 3.63) is 39.5 Å². The van der Waals surface area contributed by atoms with Gasteiger partial charge in [0.15, 0.2) is 0 Å². The fraction of sp³-hybridized carbons (Fsp3) is 0. The summed E-state index contributed by atoms with van der Waals surface area (Å²) in [5.74, 6) is -0.0874. The summed E-state index contributed by atoms with van der Waals surface area (Å²) in [5.41, 5.74) is 1.51. The summed E-state index contributed by atoms with van der Waals surface area (Å²) in [6.07, 6.45) is 0. The highest BCUT2D eigenvalue weighted by atomic mass is 35.5. The molecule has 1 aliphatic rings. The van der Waals surface area contributed by atoms with Crippen molar-refractivity contribution in [2.75, 3.05) is 5.32 Å². The second kappa shape index (κ2) is 3.80. The first-order valence-electron chi connectivity index (χ1n) is 4.61. The van der Waals surface area contributed by atoms with Crippen LogP contribution in [0.5, 0.6) is 0 Å². The second-order valence-electron chi connectivity index (χ2n) is 3.30. The number of halogens is 1. The van der Waals surface area contributed by atoms with E-state index in [4.69, 9.17) is 11.6 Å². The van der Waals surface area contributed by atoms with Gasteiger partial charge in [-0.05, 0) is 12.1 Å². The van der Waals surface area contributed by atoms with Crippen LogP contribution < -0.4 is 5.32 Å². The topological polar surface area (TPSA) is 29.1 Å². The van der Waals surface area contributed by atoms with Gasteiger partial charge in [-0.3, -0.25) is 4.79 Å². The van der Waals surface area contributed by atoms with E-state index in [9.17, 15) is 4.79 Å². The van der Waals surface area contributed by atoms with Gasteiger partial charge < -0.3 is 5.32 Å². The van der Waals surface area contributed by atoms with Crippen molar-refractivity contribution < 1.29 is 4.79 Å². The molecule has 0 fully saturated rings. The first kappa shape index (κ1) is 10.2. The molecule has 1 N–H and O–H groups in total. The molecular formula is C11H6ClNOS2. The summed E-state index contributed by atoms with van der Waals surface area (Å²) < 4.78 is 0.673. The minimum Gasteiger partial charge on any atom is -0.321 e. The molecule has 1 amide bonds. The van der Waals surface area contributed by atoms with Crippen LogP contribution in [-0.2, 0) is 0 Å². The summed E-state index contributed by atoms with van der Waals surface area (Å²) in [4.78, 5) is 13.8. The standard InChI is InChI=1S/C11H6ClNOS2/c12-10-9-6(5-15-10)11(14)13-7-3-1-2-4-8(7)16-9/h1-5H,(H,13,14). The number of carbonyl (C=O) groups is 1. The van der Waals surface area contributed by atoms with E-state index in [1.54, 1.807) is 5.38 Å². The zero-order valence-corrected chi connectivity index (χ0v) is 10.4. The Bertz CT molecular complexity index is 579. The number of carbonyl (C=O) groups excluding carboxylic acids is 1. The minimum absolute atomic E-state index is 0.0874. The summed E-state index contributed by atoms with van der Waals surface area (Å²) in [7, 11) is 0. The first-order chi connectivity index (χ1) is 7.75. The normalized spacial score (nSPS) is 13.7. The molecule has 0 atom stereocenters. The highest BCUT2D eigenvalue weighted by molar-refractivity contribution is 7.99. The van der Waals surface area contributed by atoms with Gasteiger partial charge in [-0.2, -0.15) is 0 Å². The van der Waals surface area contributed by atoms with E-state index >= 15 is 0 Å². The summed E-state index contributed by atoms with van der Waals surface area (Å²) in [6, 6.07) is 7.72. The third-order valence-corrected chi connectivity index (χ3v) is 4.96. The van der Waals surface area contributed by atoms with Gasteiger partial charge in [-0.15, -0.1) is 11.3 Å². The number of hydrogen-bond donors (Lipinski definition) is 1. The smallest absolute Gasteiger partial charge is 0.257 e. The van der Waals surface area contributed by atoms with E-state index in [-0.39, 0.29) is 5.91 Å². The summed E-state index contributed by atoms with van der Waals surface area (Å²) >= 11 is 9.01. The number of hydrogen-bond acceptors (Lipinski definition) is 3. The van der Waals surface area contributed by atoms with Crippen molar-refractivity contribution in [2.45, 2.75) is 9.79 Å². The number of rotatable bonds is 0. The van der Waals surface area contributed by atoms with E-state index in [0.29, 0.717) is 9.90 Å². The van der Waals surface area contributed by atoms with Crippen LogP contribution in [0.15, 0.2) is 39.4 Å². The predicted molar refractivity (Wildman–Crippen MR) is 67.8 cm³/mol. The Morgan fingerprint density at radius 3 is 2.94 bits per heavy atom. The lowest BCUT2D eigenvalue weighted by Crippen LogP contribution is -2.10. The number of nitrogens with one attached hydrogen (secondary N) is 1. The van der Waals surface area contributed by atoms with E-state index in [2.05, 4.69) is 5.32 Å². The van der Waals surface area contributed by atoms with E-state index in [1.807, 2.05) is 24.3 Å². The molecule has 0 saturated heterocycles. The third-order valence-electron chi connectivity index (χ3n) is 2.30. The summed E-state index contributed by atoms with van der Waals surface area (Å²) in [5, 5.41) is 4.68. The maximum Gasteiger partial charge on any atom is 0.257 e. The lowest BCUT2D eigenvalue weighted by molar-refractivity contribution is 0.102. The number of benzene rings is 1. The molecule has 0 aliphatic carbocycles. The molecular weight excluding hydrogens is 262 g/mol. The second-order valence-corrected chi connectivity index (χ2v) is 5.84. The van der Waals surface area contributed by atoms with Crippen molar-refractivity contribution in [3.8, 4) is 0 Å². The number of anilines is 1. The SMILES string of the molecule is O=C1Nc2ccccc2Sc2c1csc2Cl. The Kier molecular flexibility index (Phi) is 2.42. The van der Waals surface area contributed by atoms with Crippen LogP contribution in [0.2, 0.25) is 4.34 Å². The molecule has 2 nitrogen and oxygen atoms in total. The molecule has 0 spiro atoms. The molecule has 16 heavy (non-hydrogen) atoms. The van der Waals surface area contributed by atoms with Crippen molar-refractivity contribution in [2.24, 2.45) is 0 Å². The maximum atomic E-state index is 11.9. The quantitative estimate of drug-likeness (QED) is 0.778. The number of fused-ring (bicyclic) bond motifs is 2. The monoisotopic (exact) mass is 267 g/mol. The average molecular weight is 268 g/mol. The Morgan fingerprint density at radius 2 is 2.06 bits per heavy atom. The molecule has 0 radical (unpaired) electrons. The molecule has 0 unspecified atom stereocenters. The van der Waals surface area contributed by atoms with Crippen LogP contribution in [0.3, 0.4) is 0 Å². The average Bonchev–Trinajstić information content (AvgIpc) is 2.57. The lowest BCUT2D eigenvalue weighted by Gasteiger charge is -2.04. The molecule has 2 aromatic rings. The van der Waals surface area contributed by atoms with Crippen LogP contribution in [0.4, 0.5) is 5.69 Å². The molecule has 5 heteroatoms. The van der Waals surface area contributed by atoms with Crippen LogP contribution in [0.25, 0.3) is 0 Å². The van der Waals surface area contributed by atoms with Crippen LogP contribution in [-0.4, -0.2) is 5.91 Å². The number of para-hydroxylation sites is 1. The minimum atomic E-state index is -0.0874. The molecule has 80 valence electrons. The van der Waals surface area contributed by atoms with Gasteiger partial charge in [0.25, 0.3) is 5.91 Å². The maximum absolute atomic E-state index is 11.9. The van der Waals surface area contributed by atoms with Crippen molar-refractivity contribution in [1.29, 1.82) is 0 Å². The zero-order chi connectivity index (χ0) is 11.1. The molecule has 0 saturated carbocycles. The lowest BCUT2D eigenvalue weighted by atomic mass is 10.3. The van der Waals surface area contributed by atoms with Crippen LogP contribution in [0.1, 0.15) is 10.4 Å². The van der Waals surface area contributed by atoms with Gasteiger partial charge in [-0.1, -0.05) is 35.5 Å². The zero-order valence-electron chi connectivity index (χ0n) is 7.99. The summed E-state index contributed by atoms with van der Waals surface area (Å²) in [6.45, 7) is 0. The van der Waals surface area contributed by atoms with Gasteiger partial charge in [-0.25, -0.2) is 0 Å². The van der Waals surface area contributed by atoms with E-state index in [0.717, 1.165) is 15.5 Å². The van der Waals surface area contributed by atoms with E-state index < -0.39 is 0 Å². The van der Waals surface area contributed by atoms with Gasteiger partial charge in [0.1, 0.15) is 4.34 Å². The molecule has 2 heterocycles. The van der Waals surface area contributed by atoms with Crippen LogP contribution >= 0.6 is 34.7 Å². The molecule has 0 bridgehead atoms. The Hall–Kier alpha value is -0.970. The van der Waals surface area contributed by atoms with E-state index in [1.165, 1.54) is 23.1 Å². The number of amides is 1. The van der Waals surface area contributed by atoms with Crippen molar-refractivity contribution in [3.63, 3.8) is 0 Å². The Morgan fingerprint density at radius 1 is 1.25 bits per heavy atom. The van der Waals surface area contributed by atoms with Gasteiger partial charge >= 0.3 is 0 Å². The molecule has 3 rings (SSSR count).